The van der Waals surface area contributed by atoms with Crippen LogP contribution in [0.4, 0.5) is 0 Å². The predicted molar refractivity (Wildman–Crippen MR) is 117 cm³/mol. The zero-order chi connectivity index (χ0) is 19.6. The molecule has 4 aromatic rings. The van der Waals surface area contributed by atoms with Crippen molar-refractivity contribution >= 4 is 22.4 Å². The number of pyridine rings is 1. The first kappa shape index (κ1) is 18.5. The Labute approximate surface area is 174 Å². The number of aryl methyl sites for hydroxylation is 1. The highest BCUT2D eigenvalue weighted by Crippen LogP contribution is 2.35. The average Bonchev–Trinajstić information content (AvgIpc) is 3.38. The van der Waals surface area contributed by atoms with Gasteiger partial charge in [-0.05, 0) is 64.9 Å². The highest BCUT2D eigenvalue weighted by Gasteiger charge is 2.28. The Morgan fingerprint density at radius 1 is 1.10 bits per heavy atom. The van der Waals surface area contributed by atoms with Crippen molar-refractivity contribution in [3.05, 3.63) is 81.6 Å². The minimum Gasteiger partial charge on any atom is -0.341 e. The van der Waals surface area contributed by atoms with Gasteiger partial charge in [0.25, 0.3) is 0 Å². The van der Waals surface area contributed by atoms with Gasteiger partial charge in [0.15, 0.2) is 0 Å². The van der Waals surface area contributed by atoms with E-state index in [0.717, 1.165) is 42.8 Å². The highest BCUT2D eigenvalue weighted by molar-refractivity contribution is 7.08. The van der Waals surface area contributed by atoms with E-state index in [4.69, 9.17) is 15.7 Å². The molecule has 6 heteroatoms. The second-order valence-corrected chi connectivity index (χ2v) is 8.43. The van der Waals surface area contributed by atoms with Gasteiger partial charge in [-0.25, -0.2) is 4.98 Å². The SMILES string of the molecule is NCc1cscc1CN(Cc1nc2ccccc2[nH]1)[C@H]1CCCc2cccnc21. The normalized spacial score (nSPS) is 16.4. The van der Waals surface area contributed by atoms with Crippen molar-refractivity contribution in [3.8, 4) is 0 Å². The molecule has 0 saturated carbocycles. The lowest BCUT2D eigenvalue weighted by Crippen LogP contribution is -2.32. The standard InChI is InChI=1S/C23H25N5S/c24-11-17-14-29-15-18(17)12-28(13-22-26-19-7-1-2-8-20(19)27-22)21-9-3-5-16-6-4-10-25-23(16)21/h1-2,4,6-8,10,14-15,21H,3,5,9,11-13,24H2,(H,26,27)/t21-/m0/s1. The van der Waals surface area contributed by atoms with Crippen LogP contribution in [0.1, 0.15) is 47.1 Å². The fourth-order valence-corrected chi connectivity index (χ4v) is 5.25. The van der Waals surface area contributed by atoms with Crippen LogP contribution in [0.2, 0.25) is 0 Å². The molecule has 5 nitrogen and oxygen atoms in total. The van der Waals surface area contributed by atoms with Gasteiger partial charge in [-0.2, -0.15) is 11.3 Å². The van der Waals surface area contributed by atoms with E-state index in [1.54, 1.807) is 11.3 Å². The fraction of sp³-hybridized carbons (Fsp3) is 0.304. The fourth-order valence-electron chi connectivity index (χ4n) is 4.38. The maximum atomic E-state index is 5.99. The molecule has 0 spiro atoms. The van der Waals surface area contributed by atoms with Crippen molar-refractivity contribution in [1.29, 1.82) is 0 Å². The van der Waals surface area contributed by atoms with Crippen molar-refractivity contribution in [1.82, 2.24) is 19.9 Å². The molecule has 5 rings (SSSR count). The molecule has 0 saturated heterocycles. The van der Waals surface area contributed by atoms with Gasteiger partial charge in [0.2, 0.25) is 0 Å². The minimum atomic E-state index is 0.290. The van der Waals surface area contributed by atoms with E-state index in [1.807, 2.05) is 18.3 Å². The van der Waals surface area contributed by atoms with Crippen molar-refractivity contribution in [2.24, 2.45) is 5.73 Å². The average molecular weight is 404 g/mol. The molecule has 0 unspecified atom stereocenters. The summed E-state index contributed by atoms with van der Waals surface area (Å²) in [7, 11) is 0. The molecule has 0 aliphatic heterocycles. The van der Waals surface area contributed by atoms with Crippen molar-refractivity contribution < 1.29 is 0 Å². The zero-order valence-electron chi connectivity index (χ0n) is 16.3. The van der Waals surface area contributed by atoms with Crippen LogP contribution in [0, 0.1) is 0 Å². The van der Waals surface area contributed by atoms with E-state index in [1.165, 1.54) is 28.8 Å². The molecule has 29 heavy (non-hydrogen) atoms. The second-order valence-electron chi connectivity index (χ2n) is 7.69. The van der Waals surface area contributed by atoms with Gasteiger partial charge >= 0.3 is 0 Å². The van der Waals surface area contributed by atoms with Crippen LogP contribution in [0.25, 0.3) is 11.0 Å². The van der Waals surface area contributed by atoms with Crippen molar-refractivity contribution in [2.75, 3.05) is 0 Å². The number of H-pyrrole nitrogens is 1. The molecule has 0 radical (unpaired) electrons. The number of nitrogens with two attached hydrogens (primary N) is 1. The molecule has 1 aliphatic rings. The third-order valence-corrected chi connectivity index (χ3v) is 6.67. The molecule has 1 atom stereocenters. The van der Waals surface area contributed by atoms with Gasteiger partial charge in [0, 0.05) is 19.3 Å². The number of hydrogen-bond donors (Lipinski definition) is 2. The zero-order valence-corrected chi connectivity index (χ0v) is 17.2. The number of nitrogens with zero attached hydrogens (tertiary/aromatic N) is 3. The molecular formula is C23H25N5S. The van der Waals surface area contributed by atoms with E-state index in [9.17, 15) is 0 Å². The van der Waals surface area contributed by atoms with Gasteiger partial charge in [-0.3, -0.25) is 9.88 Å². The van der Waals surface area contributed by atoms with Crippen LogP contribution >= 0.6 is 11.3 Å². The van der Waals surface area contributed by atoms with Crippen LogP contribution in [-0.4, -0.2) is 19.9 Å². The second kappa shape index (κ2) is 8.06. The first-order chi connectivity index (χ1) is 14.3. The number of fused-ring (bicyclic) bond motifs is 2. The summed E-state index contributed by atoms with van der Waals surface area (Å²) in [5.41, 5.74) is 13.2. The number of nitrogens with one attached hydrogen (secondary N) is 1. The number of imidazole rings is 1. The van der Waals surface area contributed by atoms with Gasteiger partial charge in [0.05, 0.1) is 29.3 Å². The molecule has 3 N–H and O–H groups in total. The lowest BCUT2D eigenvalue weighted by Gasteiger charge is -2.34. The molecule has 3 heterocycles. The lowest BCUT2D eigenvalue weighted by atomic mass is 9.90. The van der Waals surface area contributed by atoms with E-state index >= 15 is 0 Å². The maximum absolute atomic E-state index is 5.99. The number of rotatable bonds is 6. The number of para-hydroxylation sites is 2. The van der Waals surface area contributed by atoms with Crippen LogP contribution in [0.15, 0.2) is 53.4 Å². The number of hydrogen-bond acceptors (Lipinski definition) is 5. The number of aromatic nitrogens is 3. The molecule has 0 amide bonds. The molecule has 148 valence electrons. The maximum Gasteiger partial charge on any atom is 0.121 e. The third kappa shape index (κ3) is 3.71. The summed E-state index contributed by atoms with van der Waals surface area (Å²) < 4.78 is 0. The number of thiophene rings is 1. The van der Waals surface area contributed by atoms with Crippen LogP contribution in [-0.2, 0) is 26.1 Å². The quantitative estimate of drug-likeness (QED) is 0.495. The largest absolute Gasteiger partial charge is 0.341 e. The summed E-state index contributed by atoms with van der Waals surface area (Å²) >= 11 is 1.73. The minimum absolute atomic E-state index is 0.290. The number of benzene rings is 1. The topological polar surface area (TPSA) is 70.8 Å². The Hall–Kier alpha value is -2.54. The number of aromatic amines is 1. The Balaban J connectivity index is 1.51. The monoisotopic (exact) mass is 403 g/mol. The van der Waals surface area contributed by atoms with Gasteiger partial charge in [-0.1, -0.05) is 18.2 Å². The summed E-state index contributed by atoms with van der Waals surface area (Å²) in [5, 5.41) is 4.40. The van der Waals surface area contributed by atoms with Crippen molar-refractivity contribution in [3.63, 3.8) is 0 Å². The summed E-state index contributed by atoms with van der Waals surface area (Å²) in [4.78, 5) is 15.6. The molecule has 1 aromatic carbocycles. The summed E-state index contributed by atoms with van der Waals surface area (Å²) in [6.45, 7) is 2.19. The molecule has 1 aliphatic carbocycles. The summed E-state index contributed by atoms with van der Waals surface area (Å²) in [6, 6.07) is 12.8. The molecule has 0 fully saturated rings. The van der Waals surface area contributed by atoms with E-state index < -0.39 is 0 Å². The molecule has 3 aromatic heterocycles. The van der Waals surface area contributed by atoms with Gasteiger partial charge < -0.3 is 10.7 Å². The smallest absolute Gasteiger partial charge is 0.121 e. The van der Waals surface area contributed by atoms with E-state index in [2.05, 4.69) is 44.9 Å². The van der Waals surface area contributed by atoms with Crippen LogP contribution < -0.4 is 5.73 Å². The first-order valence-electron chi connectivity index (χ1n) is 10.2. The summed E-state index contributed by atoms with van der Waals surface area (Å²) in [6.07, 6.45) is 5.34. The highest BCUT2D eigenvalue weighted by atomic mass is 32.1. The predicted octanol–water partition coefficient (Wildman–Crippen LogP) is 4.56. The summed E-state index contributed by atoms with van der Waals surface area (Å²) in [5.74, 6) is 0.999. The van der Waals surface area contributed by atoms with Crippen LogP contribution in [0.3, 0.4) is 0 Å². The Morgan fingerprint density at radius 2 is 2.00 bits per heavy atom. The molecule has 0 bridgehead atoms. The first-order valence-corrected chi connectivity index (χ1v) is 11.1. The van der Waals surface area contributed by atoms with Gasteiger partial charge in [-0.15, -0.1) is 0 Å². The molecular weight excluding hydrogens is 378 g/mol. The van der Waals surface area contributed by atoms with Gasteiger partial charge in [0.1, 0.15) is 5.82 Å². The van der Waals surface area contributed by atoms with E-state index in [-0.39, 0.29) is 0 Å². The Kier molecular flexibility index (Phi) is 5.14. The Morgan fingerprint density at radius 3 is 2.90 bits per heavy atom. The van der Waals surface area contributed by atoms with Crippen molar-refractivity contribution in [2.45, 2.75) is 44.9 Å². The lowest BCUT2D eigenvalue weighted by molar-refractivity contribution is 0.153. The van der Waals surface area contributed by atoms with E-state index in [0.29, 0.717) is 12.6 Å². The Bertz CT molecular complexity index is 1080. The van der Waals surface area contributed by atoms with Crippen LogP contribution in [0.5, 0.6) is 0 Å². The third-order valence-electron chi connectivity index (χ3n) is 5.82.